The first kappa shape index (κ1) is 20.5. The topological polar surface area (TPSA) is 112 Å². The number of amides is 1. The third-order valence-electron chi connectivity index (χ3n) is 5.08. The summed E-state index contributed by atoms with van der Waals surface area (Å²) < 4.78 is 1.93. The maximum atomic E-state index is 12.0. The van der Waals surface area contributed by atoms with Crippen molar-refractivity contribution in [2.75, 3.05) is 17.7 Å². The molecule has 1 saturated carbocycles. The van der Waals surface area contributed by atoms with Gasteiger partial charge in [-0.15, -0.1) is 0 Å². The van der Waals surface area contributed by atoms with Gasteiger partial charge in [0.1, 0.15) is 10.7 Å². The van der Waals surface area contributed by atoms with Crippen molar-refractivity contribution < 1.29 is 4.79 Å². The Hall–Kier alpha value is -3.37. The lowest BCUT2D eigenvalue weighted by Crippen LogP contribution is -2.12. The third kappa shape index (κ3) is 4.61. The summed E-state index contributed by atoms with van der Waals surface area (Å²) in [6.07, 6.45) is 3.95. The van der Waals surface area contributed by atoms with Gasteiger partial charge in [0, 0.05) is 47.1 Å². The Morgan fingerprint density at radius 3 is 2.72 bits per heavy atom. The first-order chi connectivity index (χ1) is 15.6. The molecule has 1 amide bonds. The standard InChI is InChI=1S/C22H24N8OS/c1-13-9-18(29-28-13)26-22-27-20(10-19-24-16(11-23-2)12-30(19)22)32-17-7-5-15(6-8-17)25-21(31)14-3-4-14/h5-10,12,14,23H,3-4,11H2,1-2H3,(H,25,31)(H2,26,27,28,29). The first-order valence-corrected chi connectivity index (χ1v) is 11.3. The molecule has 0 unspecified atom stereocenters. The van der Waals surface area contributed by atoms with Crippen molar-refractivity contribution in [3.63, 3.8) is 0 Å². The van der Waals surface area contributed by atoms with Crippen molar-refractivity contribution in [2.45, 2.75) is 36.2 Å². The molecular weight excluding hydrogens is 424 g/mol. The number of hydrogen-bond acceptors (Lipinski definition) is 7. The molecule has 10 heteroatoms. The summed E-state index contributed by atoms with van der Waals surface area (Å²) in [5.74, 6) is 1.63. The highest BCUT2D eigenvalue weighted by Gasteiger charge is 2.29. The Labute approximate surface area is 189 Å². The van der Waals surface area contributed by atoms with Crippen molar-refractivity contribution in [1.82, 2.24) is 29.9 Å². The Morgan fingerprint density at radius 2 is 2.03 bits per heavy atom. The number of benzene rings is 1. The Bertz CT molecular complexity index is 1260. The second-order valence-electron chi connectivity index (χ2n) is 7.86. The van der Waals surface area contributed by atoms with E-state index in [4.69, 9.17) is 9.97 Å². The van der Waals surface area contributed by atoms with E-state index in [1.807, 2.05) is 61.0 Å². The minimum absolute atomic E-state index is 0.110. The number of carbonyl (C=O) groups excluding carboxylic acids is 1. The number of nitrogens with zero attached hydrogens (tertiary/aromatic N) is 4. The SMILES string of the molecule is CNCc1cn2c(Nc3cc(C)[nH]n3)nc(Sc3ccc(NC(=O)C4CC4)cc3)cc2n1. The van der Waals surface area contributed by atoms with Crippen LogP contribution in [-0.2, 0) is 11.3 Å². The predicted molar refractivity (Wildman–Crippen MR) is 124 cm³/mol. The Balaban J connectivity index is 1.40. The van der Waals surface area contributed by atoms with E-state index in [1.54, 1.807) is 11.8 Å². The van der Waals surface area contributed by atoms with E-state index in [1.165, 1.54) is 0 Å². The lowest BCUT2D eigenvalue weighted by Gasteiger charge is -2.09. The van der Waals surface area contributed by atoms with Gasteiger partial charge in [0.2, 0.25) is 11.9 Å². The molecule has 1 aliphatic carbocycles. The van der Waals surface area contributed by atoms with Crippen LogP contribution in [0.15, 0.2) is 52.5 Å². The number of anilines is 3. The molecule has 0 saturated heterocycles. The van der Waals surface area contributed by atoms with Crippen molar-refractivity contribution in [1.29, 1.82) is 0 Å². The lowest BCUT2D eigenvalue weighted by atomic mass is 10.3. The zero-order valence-corrected chi connectivity index (χ0v) is 18.7. The van der Waals surface area contributed by atoms with Crippen LogP contribution in [0.5, 0.6) is 0 Å². The molecule has 0 radical (unpaired) electrons. The van der Waals surface area contributed by atoms with Crippen LogP contribution in [0.2, 0.25) is 0 Å². The zero-order chi connectivity index (χ0) is 22.1. The van der Waals surface area contributed by atoms with Gasteiger partial charge in [0.25, 0.3) is 0 Å². The van der Waals surface area contributed by atoms with Gasteiger partial charge in [0.15, 0.2) is 5.82 Å². The number of imidazole rings is 1. The Morgan fingerprint density at radius 1 is 1.22 bits per heavy atom. The summed E-state index contributed by atoms with van der Waals surface area (Å²) in [4.78, 5) is 22.5. The molecule has 4 aromatic rings. The molecule has 1 fully saturated rings. The molecule has 0 spiro atoms. The third-order valence-corrected chi connectivity index (χ3v) is 6.00. The monoisotopic (exact) mass is 448 g/mol. The highest BCUT2D eigenvalue weighted by molar-refractivity contribution is 7.99. The fourth-order valence-corrected chi connectivity index (χ4v) is 4.15. The second-order valence-corrected chi connectivity index (χ2v) is 8.95. The van der Waals surface area contributed by atoms with Crippen molar-refractivity contribution in [2.24, 2.45) is 5.92 Å². The number of aryl methyl sites for hydroxylation is 1. The van der Waals surface area contributed by atoms with Crippen LogP contribution in [0.25, 0.3) is 5.65 Å². The summed E-state index contributed by atoms with van der Waals surface area (Å²) in [6.45, 7) is 2.62. The second kappa shape index (κ2) is 8.64. The number of H-pyrrole nitrogens is 1. The summed E-state index contributed by atoms with van der Waals surface area (Å²) >= 11 is 1.54. The molecule has 4 N–H and O–H groups in total. The molecule has 1 aromatic carbocycles. The number of carbonyl (C=O) groups is 1. The average Bonchev–Trinajstić information content (AvgIpc) is 3.43. The van der Waals surface area contributed by atoms with E-state index in [9.17, 15) is 4.79 Å². The van der Waals surface area contributed by atoms with E-state index in [0.717, 1.165) is 45.5 Å². The smallest absolute Gasteiger partial charge is 0.227 e. The quantitative estimate of drug-likeness (QED) is 0.304. The van der Waals surface area contributed by atoms with E-state index < -0.39 is 0 Å². The average molecular weight is 449 g/mol. The van der Waals surface area contributed by atoms with Crippen LogP contribution in [0, 0.1) is 12.8 Å². The van der Waals surface area contributed by atoms with Crippen LogP contribution >= 0.6 is 11.8 Å². The van der Waals surface area contributed by atoms with Crippen LogP contribution in [0.1, 0.15) is 24.2 Å². The van der Waals surface area contributed by atoms with Crippen LogP contribution in [0.4, 0.5) is 17.5 Å². The largest absolute Gasteiger partial charge is 0.326 e. The number of fused-ring (bicyclic) bond motifs is 1. The molecule has 0 aliphatic heterocycles. The summed E-state index contributed by atoms with van der Waals surface area (Å²) in [5.41, 5.74) is 3.50. The van der Waals surface area contributed by atoms with E-state index in [2.05, 4.69) is 26.1 Å². The van der Waals surface area contributed by atoms with Gasteiger partial charge in [-0.25, -0.2) is 9.97 Å². The fourth-order valence-electron chi connectivity index (χ4n) is 3.34. The molecule has 0 atom stereocenters. The number of nitrogens with one attached hydrogen (secondary N) is 4. The minimum atomic E-state index is 0.110. The van der Waals surface area contributed by atoms with Gasteiger partial charge in [-0.3, -0.25) is 14.3 Å². The molecule has 0 bridgehead atoms. The number of rotatable bonds is 8. The van der Waals surface area contributed by atoms with Gasteiger partial charge in [-0.05, 0) is 51.1 Å². The first-order valence-electron chi connectivity index (χ1n) is 10.5. The van der Waals surface area contributed by atoms with Crippen molar-refractivity contribution in [3.05, 3.63) is 54.0 Å². The minimum Gasteiger partial charge on any atom is -0.326 e. The number of aromatic nitrogens is 5. The highest BCUT2D eigenvalue weighted by Crippen LogP contribution is 2.32. The van der Waals surface area contributed by atoms with Crippen LogP contribution in [0.3, 0.4) is 0 Å². The fraction of sp³-hybridized carbons (Fsp3) is 0.273. The van der Waals surface area contributed by atoms with Gasteiger partial charge >= 0.3 is 0 Å². The molecule has 5 rings (SSSR count). The predicted octanol–water partition coefficient (Wildman–Crippen LogP) is 3.72. The van der Waals surface area contributed by atoms with Gasteiger partial charge in [-0.1, -0.05) is 11.8 Å². The van der Waals surface area contributed by atoms with Crippen molar-refractivity contribution >= 4 is 40.8 Å². The van der Waals surface area contributed by atoms with Crippen molar-refractivity contribution in [3.8, 4) is 0 Å². The molecule has 32 heavy (non-hydrogen) atoms. The van der Waals surface area contributed by atoms with Crippen LogP contribution < -0.4 is 16.0 Å². The summed E-state index contributed by atoms with van der Waals surface area (Å²) in [5, 5.41) is 17.4. The van der Waals surface area contributed by atoms with E-state index >= 15 is 0 Å². The number of hydrogen-bond donors (Lipinski definition) is 4. The van der Waals surface area contributed by atoms with Crippen LogP contribution in [-0.4, -0.2) is 37.5 Å². The normalized spacial score (nSPS) is 13.4. The molecule has 3 aromatic heterocycles. The van der Waals surface area contributed by atoms with E-state index in [-0.39, 0.29) is 11.8 Å². The highest BCUT2D eigenvalue weighted by atomic mass is 32.2. The molecule has 1 aliphatic rings. The molecule has 164 valence electrons. The van der Waals surface area contributed by atoms with Gasteiger partial charge in [0.05, 0.1) is 5.69 Å². The van der Waals surface area contributed by atoms with Gasteiger partial charge in [-0.2, -0.15) is 5.10 Å². The maximum absolute atomic E-state index is 12.0. The Kier molecular flexibility index (Phi) is 5.54. The summed E-state index contributed by atoms with van der Waals surface area (Å²) in [6, 6.07) is 11.7. The molecule has 3 heterocycles. The maximum Gasteiger partial charge on any atom is 0.227 e. The zero-order valence-electron chi connectivity index (χ0n) is 17.8. The number of aromatic amines is 1. The van der Waals surface area contributed by atoms with E-state index in [0.29, 0.717) is 18.3 Å². The lowest BCUT2D eigenvalue weighted by molar-refractivity contribution is -0.117. The molecule has 9 nitrogen and oxygen atoms in total. The van der Waals surface area contributed by atoms with Gasteiger partial charge < -0.3 is 16.0 Å². The molecular formula is C22H24N8OS. The summed E-state index contributed by atoms with van der Waals surface area (Å²) in [7, 11) is 1.89.